The Morgan fingerprint density at radius 2 is 2.00 bits per heavy atom. The van der Waals surface area contributed by atoms with Crippen molar-refractivity contribution >= 4 is 0 Å². The molecular weight excluding hydrogens is 126 g/mol. The van der Waals surface area contributed by atoms with Gasteiger partial charge in [-0.3, -0.25) is 0 Å². The first-order chi connectivity index (χ1) is 4.52. The van der Waals surface area contributed by atoms with Crippen LogP contribution >= 0.6 is 0 Å². The number of nitrogens with two attached hydrogens (primary N) is 1. The van der Waals surface area contributed by atoms with Crippen LogP contribution in [-0.4, -0.2) is 5.54 Å². The van der Waals surface area contributed by atoms with Crippen molar-refractivity contribution in [2.45, 2.75) is 25.8 Å². The number of hydrogen-bond acceptors (Lipinski definition) is 3. The molecule has 1 atom stereocenters. The quantitative estimate of drug-likeness (QED) is 0.611. The molecule has 0 heterocycles. The standard InChI is InChI=1S/C7H11N3/c1-7(2,10)6(5-9)3-4-8/h6H,3,10H2,1-2H3. The third-order valence-electron chi connectivity index (χ3n) is 1.35. The van der Waals surface area contributed by atoms with Gasteiger partial charge in [-0.05, 0) is 13.8 Å². The second-order valence-electron chi connectivity index (χ2n) is 2.87. The lowest BCUT2D eigenvalue weighted by Crippen LogP contribution is -2.39. The first kappa shape index (κ1) is 8.94. The topological polar surface area (TPSA) is 73.6 Å². The molecule has 0 saturated heterocycles. The molecule has 0 aromatic rings. The first-order valence-corrected chi connectivity index (χ1v) is 3.08. The van der Waals surface area contributed by atoms with Crippen LogP contribution in [-0.2, 0) is 0 Å². The van der Waals surface area contributed by atoms with Gasteiger partial charge in [0.2, 0.25) is 0 Å². The third-order valence-corrected chi connectivity index (χ3v) is 1.35. The largest absolute Gasteiger partial charge is 0.324 e. The van der Waals surface area contributed by atoms with Gasteiger partial charge in [-0.1, -0.05) is 0 Å². The number of rotatable bonds is 2. The normalized spacial score (nSPS) is 13.3. The van der Waals surface area contributed by atoms with Gasteiger partial charge < -0.3 is 5.73 Å². The second kappa shape index (κ2) is 3.20. The van der Waals surface area contributed by atoms with E-state index in [1.807, 2.05) is 12.1 Å². The molecule has 0 aliphatic rings. The lowest BCUT2D eigenvalue weighted by atomic mass is 9.88. The fraction of sp³-hybridized carbons (Fsp3) is 0.714. The maximum absolute atomic E-state index is 8.51. The summed E-state index contributed by atoms with van der Waals surface area (Å²) in [6, 6.07) is 3.92. The minimum atomic E-state index is -0.565. The summed E-state index contributed by atoms with van der Waals surface area (Å²) < 4.78 is 0. The Morgan fingerprint density at radius 3 is 2.10 bits per heavy atom. The van der Waals surface area contributed by atoms with E-state index >= 15 is 0 Å². The van der Waals surface area contributed by atoms with Crippen LogP contribution in [0.5, 0.6) is 0 Å². The predicted octanol–water partition coefficient (Wildman–Crippen LogP) is 0.777. The van der Waals surface area contributed by atoms with E-state index in [1.165, 1.54) is 0 Å². The average Bonchev–Trinajstić information content (AvgIpc) is 1.80. The van der Waals surface area contributed by atoms with Gasteiger partial charge in [-0.25, -0.2) is 0 Å². The molecule has 3 heteroatoms. The Labute approximate surface area is 61.1 Å². The molecule has 0 fully saturated rings. The molecule has 2 N–H and O–H groups in total. The fourth-order valence-electron chi connectivity index (χ4n) is 0.566. The van der Waals surface area contributed by atoms with E-state index in [0.29, 0.717) is 0 Å². The van der Waals surface area contributed by atoms with Crippen molar-refractivity contribution in [3.8, 4) is 12.1 Å². The molecular formula is C7H11N3. The van der Waals surface area contributed by atoms with Gasteiger partial charge in [-0.15, -0.1) is 0 Å². The van der Waals surface area contributed by atoms with Crippen molar-refractivity contribution in [1.82, 2.24) is 0 Å². The van der Waals surface area contributed by atoms with Crippen LogP contribution in [0.25, 0.3) is 0 Å². The van der Waals surface area contributed by atoms with Crippen LogP contribution < -0.4 is 5.73 Å². The van der Waals surface area contributed by atoms with Gasteiger partial charge in [0.05, 0.1) is 24.5 Å². The minimum Gasteiger partial charge on any atom is -0.324 e. The van der Waals surface area contributed by atoms with Crippen molar-refractivity contribution in [2.75, 3.05) is 0 Å². The van der Waals surface area contributed by atoms with Crippen molar-refractivity contribution in [2.24, 2.45) is 11.7 Å². The Balaban J connectivity index is 4.14. The number of nitrogens with zero attached hydrogens (tertiary/aromatic N) is 2. The molecule has 54 valence electrons. The summed E-state index contributed by atoms with van der Waals surface area (Å²) in [5.74, 6) is -0.363. The van der Waals surface area contributed by atoms with E-state index in [1.54, 1.807) is 13.8 Å². The van der Waals surface area contributed by atoms with Crippen LogP contribution in [0.3, 0.4) is 0 Å². The minimum absolute atomic E-state index is 0.208. The highest BCUT2D eigenvalue weighted by Gasteiger charge is 2.24. The summed E-state index contributed by atoms with van der Waals surface area (Å²) in [5.41, 5.74) is 5.04. The van der Waals surface area contributed by atoms with Gasteiger partial charge in [0.1, 0.15) is 0 Å². The van der Waals surface area contributed by atoms with Gasteiger partial charge in [-0.2, -0.15) is 10.5 Å². The molecule has 0 rings (SSSR count). The second-order valence-corrected chi connectivity index (χ2v) is 2.87. The summed E-state index contributed by atoms with van der Waals surface area (Å²) in [6.07, 6.45) is 0.208. The van der Waals surface area contributed by atoms with E-state index < -0.39 is 5.54 Å². The van der Waals surface area contributed by atoms with Crippen molar-refractivity contribution < 1.29 is 0 Å². The van der Waals surface area contributed by atoms with Crippen molar-refractivity contribution in [1.29, 1.82) is 10.5 Å². The molecule has 0 aliphatic carbocycles. The molecule has 1 unspecified atom stereocenters. The molecule has 0 saturated carbocycles. The van der Waals surface area contributed by atoms with Crippen LogP contribution in [0, 0.1) is 28.6 Å². The zero-order valence-corrected chi connectivity index (χ0v) is 6.26. The Hall–Kier alpha value is -1.06. The molecule has 0 spiro atoms. The van der Waals surface area contributed by atoms with E-state index in [-0.39, 0.29) is 12.3 Å². The lowest BCUT2D eigenvalue weighted by Gasteiger charge is -2.21. The maximum atomic E-state index is 8.51. The Morgan fingerprint density at radius 1 is 1.50 bits per heavy atom. The summed E-state index contributed by atoms with van der Waals surface area (Å²) >= 11 is 0. The number of hydrogen-bond donors (Lipinski definition) is 1. The first-order valence-electron chi connectivity index (χ1n) is 3.08. The number of nitriles is 2. The van der Waals surface area contributed by atoms with Crippen LogP contribution in [0.4, 0.5) is 0 Å². The molecule has 10 heavy (non-hydrogen) atoms. The van der Waals surface area contributed by atoms with Crippen LogP contribution in [0.2, 0.25) is 0 Å². The van der Waals surface area contributed by atoms with Crippen LogP contribution in [0.15, 0.2) is 0 Å². The molecule has 0 bridgehead atoms. The highest BCUT2D eigenvalue weighted by molar-refractivity contribution is 5.00. The maximum Gasteiger partial charge on any atom is 0.0767 e. The highest BCUT2D eigenvalue weighted by atomic mass is 14.7. The zero-order chi connectivity index (χ0) is 8.20. The molecule has 0 amide bonds. The SMILES string of the molecule is CC(C)(N)C(C#N)CC#N. The van der Waals surface area contributed by atoms with Gasteiger partial charge in [0, 0.05) is 5.54 Å². The molecule has 3 nitrogen and oxygen atoms in total. The van der Waals surface area contributed by atoms with E-state index in [2.05, 4.69) is 0 Å². The highest BCUT2D eigenvalue weighted by Crippen LogP contribution is 2.15. The predicted molar refractivity (Wildman–Crippen MR) is 37.6 cm³/mol. The van der Waals surface area contributed by atoms with Gasteiger partial charge >= 0.3 is 0 Å². The summed E-state index contributed by atoms with van der Waals surface area (Å²) in [4.78, 5) is 0. The van der Waals surface area contributed by atoms with E-state index in [0.717, 1.165) is 0 Å². The van der Waals surface area contributed by atoms with Crippen molar-refractivity contribution in [3.05, 3.63) is 0 Å². The zero-order valence-electron chi connectivity index (χ0n) is 6.26. The molecule has 0 aromatic carbocycles. The smallest absolute Gasteiger partial charge is 0.0767 e. The van der Waals surface area contributed by atoms with E-state index in [4.69, 9.17) is 16.3 Å². The Kier molecular flexibility index (Phi) is 2.86. The fourth-order valence-corrected chi connectivity index (χ4v) is 0.566. The van der Waals surface area contributed by atoms with Crippen molar-refractivity contribution in [3.63, 3.8) is 0 Å². The summed E-state index contributed by atoms with van der Waals surface area (Å²) in [6.45, 7) is 3.50. The van der Waals surface area contributed by atoms with Crippen LogP contribution in [0.1, 0.15) is 20.3 Å². The van der Waals surface area contributed by atoms with Gasteiger partial charge in [0.25, 0.3) is 0 Å². The molecule has 0 radical (unpaired) electrons. The summed E-state index contributed by atoms with van der Waals surface area (Å²) in [7, 11) is 0. The Bertz CT molecular complexity index is 176. The van der Waals surface area contributed by atoms with E-state index in [9.17, 15) is 0 Å². The van der Waals surface area contributed by atoms with Gasteiger partial charge in [0.15, 0.2) is 0 Å². The monoisotopic (exact) mass is 137 g/mol. The average molecular weight is 137 g/mol. The molecule has 0 aliphatic heterocycles. The lowest BCUT2D eigenvalue weighted by molar-refractivity contribution is 0.396. The third kappa shape index (κ3) is 2.48. The summed E-state index contributed by atoms with van der Waals surface area (Å²) in [5, 5.41) is 16.8. The molecule has 0 aromatic heterocycles.